The summed E-state index contributed by atoms with van der Waals surface area (Å²) in [7, 11) is 0. The van der Waals surface area contributed by atoms with E-state index in [1.807, 2.05) is 0 Å². The minimum absolute atomic E-state index is 0.105. The van der Waals surface area contributed by atoms with E-state index < -0.39 is 5.82 Å². The van der Waals surface area contributed by atoms with Gasteiger partial charge in [-0.2, -0.15) is 0 Å². The molecule has 1 aliphatic carbocycles. The first-order valence-electron chi connectivity index (χ1n) is 7.41. The van der Waals surface area contributed by atoms with Crippen LogP contribution in [0.2, 0.25) is 0 Å². The third-order valence-corrected chi connectivity index (χ3v) is 3.82. The number of carbonyl (C=O) groups is 1. The number of allylic oxidation sites excluding steroid dienone is 2. The Labute approximate surface area is 139 Å². The summed E-state index contributed by atoms with van der Waals surface area (Å²) in [5.41, 5.74) is 18.4. The molecule has 0 aromatic heterocycles. The standard InChI is InChI=1S/C17H20FN5O/c1-9(19)16-14(20)7-11(8-15(16)24)13-3-2-12(18)6-10(13)4-5-23-17(21)22/h2-6,11,20H,7-8,19H2,1H3,(H4,21,22,23)/b5-4+,16-9+,20-14?. The average Bonchev–Trinajstić information content (AvgIpc) is 2.45. The van der Waals surface area contributed by atoms with Crippen molar-refractivity contribution < 1.29 is 9.18 Å². The molecule has 2 rings (SSSR count). The molecule has 0 amide bonds. The number of benzene rings is 1. The minimum atomic E-state index is -0.404. The Morgan fingerprint density at radius 3 is 2.62 bits per heavy atom. The molecule has 126 valence electrons. The van der Waals surface area contributed by atoms with E-state index in [1.54, 1.807) is 19.1 Å². The van der Waals surface area contributed by atoms with Crippen LogP contribution in [0.1, 0.15) is 36.8 Å². The lowest BCUT2D eigenvalue weighted by Gasteiger charge is -2.26. The van der Waals surface area contributed by atoms with Gasteiger partial charge in [0.25, 0.3) is 0 Å². The van der Waals surface area contributed by atoms with Crippen molar-refractivity contribution in [3.63, 3.8) is 0 Å². The van der Waals surface area contributed by atoms with Gasteiger partial charge in [-0.15, -0.1) is 0 Å². The van der Waals surface area contributed by atoms with E-state index in [0.29, 0.717) is 23.3 Å². The van der Waals surface area contributed by atoms with Gasteiger partial charge in [-0.25, -0.2) is 9.38 Å². The molecule has 7 N–H and O–H groups in total. The van der Waals surface area contributed by atoms with Crippen molar-refractivity contribution in [2.75, 3.05) is 0 Å². The molecule has 1 unspecified atom stereocenters. The highest BCUT2D eigenvalue weighted by molar-refractivity contribution is 6.23. The predicted octanol–water partition coefficient (Wildman–Crippen LogP) is 1.77. The van der Waals surface area contributed by atoms with Gasteiger partial charge in [-0.3, -0.25) is 4.79 Å². The van der Waals surface area contributed by atoms with E-state index >= 15 is 0 Å². The highest BCUT2D eigenvalue weighted by atomic mass is 19.1. The number of hydrogen-bond acceptors (Lipinski definition) is 4. The summed E-state index contributed by atoms with van der Waals surface area (Å²) in [4.78, 5) is 16.0. The van der Waals surface area contributed by atoms with Crippen LogP contribution in [0.15, 0.2) is 40.7 Å². The van der Waals surface area contributed by atoms with Crippen LogP contribution in [0.4, 0.5) is 4.39 Å². The molecule has 0 spiro atoms. The zero-order chi connectivity index (χ0) is 17.9. The highest BCUT2D eigenvalue weighted by Gasteiger charge is 2.30. The normalized spacial score (nSPS) is 20.3. The third kappa shape index (κ3) is 3.87. The summed E-state index contributed by atoms with van der Waals surface area (Å²) >= 11 is 0. The first-order chi connectivity index (χ1) is 11.3. The highest BCUT2D eigenvalue weighted by Crippen LogP contribution is 2.34. The maximum Gasteiger partial charge on any atom is 0.190 e. The molecule has 1 fully saturated rings. The van der Waals surface area contributed by atoms with E-state index in [0.717, 1.165) is 5.56 Å². The van der Waals surface area contributed by atoms with Crippen LogP contribution in [0, 0.1) is 11.2 Å². The van der Waals surface area contributed by atoms with Gasteiger partial charge in [-0.1, -0.05) is 6.07 Å². The van der Waals surface area contributed by atoms with E-state index in [4.69, 9.17) is 22.6 Å². The fourth-order valence-corrected chi connectivity index (χ4v) is 2.86. The molecule has 6 nitrogen and oxygen atoms in total. The number of nitrogens with one attached hydrogen (secondary N) is 1. The van der Waals surface area contributed by atoms with Gasteiger partial charge in [0.1, 0.15) is 5.82 Å². The number of nitrogens with two attached hydrogens (primary N) is 3. The second kappa shape index (κ2) is 7.08. The van der Waals surface area contributed by atoms with Crippen molar-refractivity contribution in [2.45, 2.75) is 25.7 Å². The number of carbonyl (C=O) groups excluding carboxylic acids is 1. The van der Waals surface area contributed by atoms with Crippen molar-refractivity contribution in [3.05, 3.63) is 52.6 Å². The van der Waals surface area contributed by atoms with Gasteiger partial charge in [0.05, 0.1) is 5.57 Å². The molecule has 7 heteroatoms. The monoisotopic (exact) mass is 329 g/mol. The van der Waals surface area contributed by atoms with Crippen LogP contribution in [0.5, 0.6) is 0 Å². The molecular formula is C17H20FN5O. The van der Waals surface area contributed by atoms with Crippen molar-refractivity contribution in [2.24, 2.45) is 22.2 Å². The van der Waals surface area contributed by atoms with Crippen LogP contribution in [0.25, 0.3) is 6.08 Å². The van der Waals surface area contributed by atoms with Gasteiger partial charge in [0, 0.05) is 24.0 Å². The second-order valence-electron chi connectivity index (χ2n) is 5.71. The summed E-state index contributed by atoms with van der Waals surface area (Å²) < 4.78 is 13.6. The molecule has 0 aliphatic heterocycles. The molecule has 0 bridgehead atoms. The van der Waals surface area contributed by atoms with Crippen molar-refractivity contribution in [1.82, 2.24) is 0 Å². The molecule has 0 heterocycles. The molecule has 0 saturated heterocycles. The second-order valence-corrected chi connectivity index (χ2v) is 5.71. The van der Waals surface area contributed by atoms with E-state index in [9.17, 15) is 9.18 Å². The fourth-order valence-electron chi connectivity index (χ4n) is 2.86. The molecule has 1 aromatic carbocycles. The first-order valence-corrected chi connectivity index (χ1v) is 7.41. The lowest BCUT2D eigenvalue weighted by atomic mass is 9.77. The smallest absolute Gasteiger partial charge is 0.190 e. The number of hydrogen-bond donors (Lipinski definition) is 4. The maximum absolute atomic E-state index is 13.6. The number of rotatable bonds is 3. The zero-order valence-electron chi connectivity index (χ0n) is 13.3. The van der Waals surface area contributed by atoms with Gasteiger partial charge in [-0.05, 0) is 48.6 Å². The van der Waals surface area contributed by atoms with Crippen LogP contribution >= 0.6 is 0 Å². The summed E-state index contributed by atoms with van der Waals surface area (Å²) in [6.45, 7) is 1.61. The van der Waals surface area contributed by atoms with Gasteiger partial charge >= 0.3 is 0 Å². The van der Waals surface area contributed by atoms with Gasteiger partial charge in [0.2, 0.25) is 0 Å². The van der Waals surface area contributed by atoms with Crippen LogP contribution in [-0.4, -0.2) is 17.5 Å². The average molecular weight is 329 g/mol. The van der Waals surface area contributed by atoms with E-state index in [-0.39, 0.29) is 29.8 Å². The number of halogens is 1. The van der Waals surface area contributed by atoms with Crippen molar-refractivity contribution in [1.29, 1.82) is 5.41 Å². The zero-order valence-corrected chi connectivity index (χ0v) is 13.3. The summed E-state index contributed by atoms with van der Waals surface area (Å²) in [6.07, 6.45) is 3.54. The minimum Gasteiger partial charge on any atom is -0.402 e. The molecular weight excluding hydrogens is 309 g/mol. The van der Waals surface area contributed by atoms with Crippen LogP contribution < -0.4 is 17.2 Å². The summed E-state index contributed by atoms with van der Waals surface area (Å²) in [5, 5.41) is 8.09. The van der Waals surface area contributed by atoms with Crippen molar-refractivity contribution in [3.8, 4) is 0 Å². The van der Waals surface area contributed by atoms with Crippen LogP contribution in [-0.2, 0) is 4.79 Å². The third-order valence-electron chi connectivity index (χ3n) is 3.82. The largest absolute Gasteiger partial charge is 0.402 e. The Kier molecular flexibility index (Phi) is 5.13. The number of guanidine groups is 1. The lowest BCUT2D eigenvalue weighted by Crippen LogP contribution is -2.27. The van der Waals surface area contributed by atoms with E-state index in [1.165, 1.54) is 18.3 Å². The first kappa shape index (κ1) is 17.4. The number of ketones is 1. The number of Topliss-reactive ketones (excluding diaryl/α,β-unsaturated/α-hetero) is 1. The molecule has 24 heavy (non-hydrogen) atoms. The topological polar surface area (TPSA) is 131 Å². The number of aliphatic imine (C=N–C) groups is 1. The predicted molar refractivity (Wildman–Crippen MR) is 92.8 cm³/mol. The maximum atomic E-state index is 13.6. The fraction of sp³-hybridized carbons (Fsp3) is 0.235. The Hall–Kier alpha value is -2.96. The number of nitrogens with zero attached hydrogens (tertiary/aromatic N) is 1. The molecule has 0 radical (unpaired) electrons. The van der Waals surface area contributed by atoms with Crippen molar-refractivity contribution >= 4 is 23.5 Å². The van der Waals surface area contributed by atoms with Crippen LogP contribution in [0.3, 0.4) is 0 Å². The Balaban J connectivity index is 2.38. The summed E-state index contributed by atoms with van der Waals surface area (Å²) in [6, 6.07) is 4.31. The molecule has 1 aliphatic rings. The van der Waals surface area contributed by atoms with Gasteiger partial charge < -0.3 is 22.6 Å². The lowest BCUT2D eigenvalue weighted by molar-refractivity contribution is -0.115. The molecule has 1 atom stereocenters. The Bertz CT molecular complexity index is 751. The molecule has 1 saturated carbocycles. The SMILES string of the molecule is C/C(N)=C1/C(=N)CC(c2ccc(F)cc2/C=C/N=C(N)N)CC1=O. The summed E-state index contributed by atoms with van der Waals surface area (Å²) in [5.74, 6) is -0.891. The Morgan fingerprint density at radius 2 is 2.04 bits per heavy atom. The Morgan fingerprint density at radius 1 is 1.33 bits per heavy atom. The van der Waals surface area contributed by atoms with Gasteiger partial charge in [0.15, 0.2) is 11.7 Å². The van der Waals surface area contributed by atoms with E-state index in [2.05, 4.69) is 4.99 Å². The quantitative estimate of drug-likeness (QED) is 0.382. The molecule has 1 aromatic rings.